The zero-order chi connectivity index (χ0) is 8.10. The Morgan fingerprint density at radius 2 is 2.36 bits per heavy atom. The lowest BCUT2D eigenvalue weighted by Gasteiger charge is -2.11. The van der Waals surface area contributed by atoms with Gasteiger partial charge in [-0.3, -0.25) is 0 Å². The van der Waals surface area contributed by atoms with Crippen LogP contribution < -0.4 is 10.6 Å². The van der Waals surface area contributed by atoms with E-state index in [-0.39, 0.29) is 0 Å². The molecule has 0 saturated carbocycles. The van der Waals surface area contributed by atoms with E-state index in [0.29, 0.717) is 6.04 Å². The summed E-state index contributed by atoms with van der Waals surface area (Å²) in [6.07, 6.45) is 2.71. The van der Waals surface area contributed by atoms with Crippen molar-refractivity contribution in [2.75, 3.05) is 19.6 Å². The summed E-state index contributed by atoms with van der Waals surface area (Å²) in [6.45, 7) is 8.05. The van der Waals surface area contributed by atoms with Gasteiger partial charge in [0.1, 0.15) is 0 Å². The monoisotopic (exact) mass is 156 g/mol. The van der Waals surface area contributed by atoms with E-state index in [1.165, 1.54) is 32.5 Å². The molecule has 0 aromatic rings. The summed E-state index contributed by atoms with van der Waals surface area (Å²) in [7, 11) is 0. The van der Waals surface area contributed by atoms with E-state index in [4.69, 9.17) is 0 Å². The molecule has 0 radical (unpaired) electrons. The van der Waals surface area contributed by atoms with Crippen molar-refractivity contribution in [2.45, 2.75) is 32.7 Å². The molecule has 0 spiro atoms. The molecule has 0 amide bonds. The molecule has 2 N–H and O–H groups in total. The fourth-order valence-corrected chi connectivity index (χ4v) is 1.54. The largest absolute Gasteiger partial charge is 0.316 e. The van der Waals surface area contributed by atoms with Crippen LogP contribution in [0.25, 0.3) is 0 Å². The van der Waals surface area contributed by atoms with Gasteiger partial charge in [0.2, 0.25) is 0 Å². The van der Waals surface area contributed by atoms with Crippen molar-refractivity contribution in [3.8, 4) is 0 Å². The minimum Gasteiger partial charge on any atom is -0.316 e. The highest BCUT2D eigenvalue weighted by Crippen LogP contribution is 2.10. The summed E-state index contributed by atoms with van der Waals surface area (Å²) in [6, 6.07) is 0.643. The fourth-order valence-electron chi connectivity index (χ4n) is 1.54. The third kappa shape index (κ3) is 3.73. The topological polar surface area (TPSA) is 24.1 Å². The minimum atomic E-state index is 0.643. The summed E-state index contributed by atoms with van der Waals surface area (Å²) >= 11 is 0. The van der Waals surface area contributed by atoms with E-state index < -0.39 is 0 Å². The summed E-state index contributed by atoms with van der Waals surface area (Å²) in [5, 5.41) is 6.83. The van der Waals surface area contributed by atoms with Crippen molar-refractivity contribution in [1.82, 2.24) is 10.6 Å². The van der Waals surface area contributed by atoms with Crippen molar-refractivity contribution >= 4 is 0 Å². The fraction of sp³-hybridized carbons (Fsp3) is 1.00. The van der Waals surface area contributed by atoms with E-state index in [1.807, 2.05) is 0 Å². The van der Waals surface area contributed by atoms with Gasteiger partial charge in [-0.05, 0) is 38.4 Å². The van der Waals surface area contributed by atoms with Crippen LogP contribution in [-0.2, 0) is 0 Å². The standard InChI is InChI=1S/C9H20N2/c1-8(2)11-6-4-9-3-5-10-7-9/h8-11H,3-7H2,1-2H3/t9-/m1/s1. The first-order chi connectivity index (χ1) is 5.29. The molecule has 0 aromatic heterocycles. The average Bonchev–Trinajstić information content (AvgIpc) is 2.39. The lowest BCUT2D eigenvalue weighted by molar-refractivity contribution is 0.477. The molecule has 1 aliphatic heterocycles. The van der Waals surface area contributed by atoms with E-state index in [2.05, 4.69) is 24.5 Å². The van der Waals surface area contributed by atoms with Crippen LogP contribution in [0.1, 0.15) is 26.7 Å². The smallest absolute Gasteiger partial charge is 0.00103 e. The normalized spacial score (nSPS) is 24.8. The van der Waals surface area contributed by atoms with E-state index >= 15 is 0 Å². The Bertz CT molecular complexity index is 95.7. The number of hydrogen-bond acceptors (Lipinski definition) is 2. The maximum Gasteiger partial charge on any atom is 0.00103 e. The van der Waals surface area contributed by atoms with Gasteiger partial charge in [0.15, 0.2) is 0 Å². The molecule has 0 bridgehead atoms. The van der Waals surface area contributed by atoms with E-state index in [0.717, 1.165) is 5.92 Å². The van der Waals surface area contributed by atoms with Gasteiger partial charge in [-0.1, -0.05) is 13.8 Å². The molecule has 1 atom stereocenters. The highest BCUT2D eigenvalue weighted by Gasteiger charge is 2.13. The van der Waals surface area contributed by atoms with Crippen molar-refractivity contribution in [3.63, 3.8) is 0 Å². The predicted octanol–water partition coefficient (Wildman–Crippen LogP) is 0.984. The van der Waals surface area contributed by atoms with Gasteiger partial charge in [0, 0.05) is 6.04 Å². The molecule has 1 rings (SSSR count). The Labute approximate surface area is 69.8 Å². The lowest BCUT2D eigenvalue weighted by atomic mass is 10.1. The van der Waals surface area contributed by atoms with Crippen LogP contribution in [0.3, 0.4) is 0 Å². The third-order valence-corrected chi connectivity index (χ3v) is 2.27. The second-order valence-corrected chi connectivity index (χ2v) is 3.76. The van der Waals surface area contributed by atoms with Crippen molar-refractivity contribution in [3.05, 3.63) is 0 Å². The van der Waals surface area contributed by atoms with Crippen LogP contribution in [0.15, 0.2) is 0 Å². The molecule has 0 unspecified atom stereocenters. The third-order valence-electron chi connectivity index (χ3n) is 2.27. The maximum atomic E-state index is 3.44. The second kappa shape index (κ2) is 4.73. The minimum absolute atomic E-state index is 0.643. The van der Waals surface area contributed by atoms with Gasteiger partial charge in [-0.25, -0.2) is 0 Å². The van der Waals surface area contributed by atoms with Gasteiger partial charge in [-0.2, -0.15) is 0 Å². The summed E-state index contributed by atoms with van der Waals surface area (Å²) in [5.74, 6) is 0.932. The Balaban J connectivity index is 1.94. The van der Waals surface area contributed by atoms with Crippen LogP contribution in [0.4, 0.5) is 0 Å². The lowest BCUT2D eigenvalue weighted by Crippen LogP contribution is -2.25. The Hall–Kier alpha value is -0.0800. The van der Waals surface area contributed by atoms with Gasteiger partial charge >= 0.3 is 0 Å². The van der Waals surface area contributed by atoms with E-state index in [9.17, 15) is 0 Å². The van der Waals surface area contributed by atoms with Gasteiger partial charge in [0.05, 0.1) is 0 Å². The SMILES string of the molecule is CC(C)NCC[C@H]1CCNC1. The molecule has 1 saturated heterocycles. The van der Waals surface area contributed by atoms with Crippen molar-refractivity contribution in [1.29, 1.82) is 0 Å². The first-order valence-corrected chi connectivity index (χ1v) is 4.73. The van der Waals surface area contributed by atoms with Crippen LogP contribution in [0.2, 0.25) is 0 Å². The molecule has 2 heteroatoms. The van der Waals surface area contributed by atoms with Gasteiger partial charge < -0.3 is 10.6 Å². The Kier molecular flexibility index (Phi) is 3.87. The molecule has 2 nitrogen and oxygen atoms in total. The predicted molar refractivity (Wildman–Crippen MR) is 48.7 cm³/mol. The molecule has 66 valence electrons. The second-order valence-electron chi connectivity index (χ2n) is 3.76. The van der Waals surface area contributed by atoms with Crippen LogP contribution in [0.5, 0.6) is 0 Å². The Morgan fingerprint density at radius 1 is 1.55 bits per heavy atom. The number of hydrogen-bond donors (Lipinski definition) is 2. The molecule has 0 aliphatic carbocycles. The molecule has 1 fully saturated rings. The molecule has 11 heavy (non-hydrogen) atoms. The molecule has 0 aromatic carbocycles. The van der Waals surface area contributed by atoms with E-state index in [1.54, 1.807) is 0 Å². The number of nitrogens with one attached hydrogen (secondary N) is 2. The van der Waals surface area contributed by atoms with Crippen molar-refractivity contribution in [2.24, 2.45) is 5.92 Å². The van der Waals surface area contributed by atoms with Crippen LogP contribution in [-0.4, -0.2) is 25.7 Å². The first kappa shape index (κ1) is 9.01. The molecule has 1 aliphatic rings. The van der Waals surface area contributed by atoms with Gasteiger partial charge in [0.25, 0.3) is 0 Å². The van der Waals surface area contributed by atoms with Gasteiger partial charge in [-0.15, -0.1) is 0 Å². The molecular weight excluding hydrogens is 136 g/mol. The van der Waals surface area contributed by atoms with Crippen molar-refractivity contribution < 1.29 is 0 Å². The quantitative estimate of drug-likeness (QED) is 0.634. The summed E-state index contributed by atoms with van der Waals surface area (Å²) in [5.41, 5.74) is 0. The highest BCUT2D eigenvalue weighted by atomic mass is 14.9. The summed E-state index contributed by atoms with van der Waals surface area (Å²) in [4.78, 5) is 0. The zero-order valence-electron chi connectivity index (χ0n) is 7.69. The molecular formula is C9H20N2. The average molecular weight is 156 g/mol. The van der Waals surface area contributed by atoms with Crippen LogP contribution >= 0.6 is 0 Å². The number of rotatable bonds is 4. The maximum absolute atomic E-state index is 3.44. The summed E-state index contributed by atoms with van der Waals surface area (Å²) < 4.78 is 0. The molecule has 1 heterocycles. The first-order valence-electron chi connectivity index (χ1n) is 4.73. The Morgan fingerprint density at radius 3 is 2.91 bits per heavy atom. The highest BCUT2D eigenvalue weighted by molar-refractivity contribution is 4.71. The van der Waals surface area contributed by atoms with Crippen LogP contribution in [0, 0.1) is 5.92 Å². The zero-order valence-corrected chi connectivity index (χ0v) is 7.69.